The summed E-state index contributed by atoms with van der Waals surface area (Å²) >= 11 is 0. The third-order valence-electron chi connectivity index (χ3n) is 13.2. The Labute approximate surface area is 356 Å². The number of hydrogen-bond acceptors (Lipinski definition) is 4. The molecule has 2 atom stereocenters. The van der Waals surface area contributed by atoms with Gasteiger partial charge in [0.15, 0.2) is 0 Å². The van der Waals surface area contributed by atoms with Crippen molar-refractivity contribution in [1.82, 2.24) is 9.55 Å². The first-order valence-corrected chi connectivity index (χ1v) is 20.3. The van der Waals surface area contributed by atoms with Crippen LogP contribution in [-0.2, 0) is 48.7 Å². The van der Waals surface area contributed by atoms with E-state index in [0.717, 1.165) is 45.4 Å². The zero-order valence-electron chi connectivity index (χ0n) is 35.0. The molecular weight excluding hydrogens is 894 g/mol. The van der Waals surface area contributed by atoms with Crippen molar-refractivity contribution in [2.45, 2.75) is 104 Å². The standard InChI is InChI=1S/C52H49N3O2.Pt/c1-30(2)33-23-34(48-54-51(9)29-32-16-11-12-17-37(32)38-18-13-14-19-41(38)52(51,10)57-48)25-36(24-33)56-45-28-44-39(22-31(45)3)40-26-35(49(4,5)6)27-43-46(40)55(44)47-42(50(43,7)8)20-15-21-53-47;/h11-24,26-27,30H,29H2,1-10H3;/q-2;+2/t51-,52+;/m1./s1. The number of aromatic nitrogens is 2. The number of benzene rings is 5. The van der Waals surface area contributed by atoms with Crippen LogP contribution in [0.1, 0.15) is 113 Å². The van der Waals surface area contributed by atoms with Gasteiger partial charge in [0.2, 0.25) is 0 Å². The number of aliphatic imine (C=N–C) groups is 1. The van der Waals surface area contributed by atoms with Crippen LogP contribution in [0.3, 0.4) is 0 Å². The molecule has 294 valence electrons. The van der Waals surface area contributed by atoms with Gasteiger partial charge in [-0.05, 0) is 64.5 Å². The number of hydrogen-bond donors (Lipinski definition) is 0. The molecule has 0 radical (unpaired) electrons. The SMILES string of the molecule is Cc1cc2c3cc(C(C)(C)C)cc4c3n(c2[c-]c1Oc1[c-]c(C2=N[C@]3(C)Cc5ccccc5-c5ccccc5[C@]3(C)O2)cc(C(C)C)c1)-c1ncccc1C4(C)C.[Pt+2]. The van der Waals surface area contributed by atoms with E-state index < -0.39 is 11.1 Å². The van der Waals surface area contributed by atoms with Crippen LogP contribution in [0.4, 0.5) is 0 Å². The first kappa shape index (κ1) is 38.5. The van der Waals surface area contributed by atoms with Gasteiger partial charge in [-0.2, -0.15) is 6.07 Å². The molecular formula is C52H49N3O2Pt. The average Bonchev–Trinajstić information content (AvgIpc) is 3.61. The number of aryl methyl sites for hydroxylation is 1. The second kappa shape index (κ2) is 13.0. The van der Waals surface area contributed by atoms with E-state index in [2.05, 4.69) is 171 Å². The molecule has 0 N–H and O–H groups in total. The van der Waals surface area contributed by atoms with Crippen molar-refractivity contribution in [2.75, 3.05) is 0 Å². The molecule has 58 heavy (non-hydrogen) atoms. The molecule has 0 fully saturated rings. The predicted octanol–water partition coefficient (Wildman–Crippen LogP) is 12.6. The molecule has 3 aliphatic rings. The van der Waals surface area contributed by atoms with E-state index in [0.29, 0.717) is 17.4 Å². The van der Waals surface area contributed by atoms with Gasteiger partial charge < -0.3 is 14.0 Å². The van der Waals surface area contributed by atoms with E-state index in [1.165, 1.54) is 44.3 Å². The molecule has 6 heteroatoms. The fourth-order valence-corrected chi connectivity index (χ4v) is 9.58. The van der Waals surface area contributed by atoms with Gasteiger partial charge in [0.05, 0.1) is 5.54 Å². The van der Waals surface area contributed by atoms with Gasteiger partial charge >= 0.3 is 21.1 Å². The Morgan fingerprint density at radius 3 is 2.29 bits per heavy atom. The largest absolute Gasteiger partial charge is 2.00 e. The molecule has 0 spiro atoms. The third-order valence-corrected chi connectivity index (χ3v) is 13.2. The van der Waals surface area contributed by atoms with Crippen LogP contribution in [-0.4, -0.2) is 21.0 Å². The molecule has 4 heterocycles. The van der Waals surface area contributed by atoms with Crippen LogP contribution >= 0.6 is 0 Å². The second-order valence-electron chi connectivity index (χ2n) is 18.7. The monoisotopic (exact) mass is 942 g/mol. The summed E-state index contributed by atoms with van der Waals surface area (Å²) in [5, 5.41) is 2.37. The van der Waals surface area contributed by atoms with E-state index in [1.54, 1.807) is 0 Å². The minimum Gasteiger partial charge on any atom is -0.508 e. The number of pyridine rings is 1. The van der Waals surface area contributed by atoms with Gasteiger partial charge in [0, 0.05) is 46.2 Å². The number of rotatable bonds is 4. The molecule has 1 aliphatic carbocycles. The Kier molecular flexibility index (Phi) is 8.64. The average molecular weight is 943 g/mol. The second-order valence-corrected chi connectivity index (χ2v) is 18.7. The van der Waals surface area contributed by atoms with Crippen LogP contribution in [0.25, 0.3) is 38.8 Å². The fraction of sp³-hybridized carbons (Fsp3) is 0.308. The summed E-state index contributed by atoms with van der Waals surface area (Å²) in [4.78, 5) is 10.5. The van der Waals surface area contributed by atoms with Crippen LogP contribution in [0, 0.1) is 19.1 Å². The summed E-state index contributed by atoms with van der Waals surface area (Å²) in [6, 6.07) is 40.3. The van der Waals surface area contributed by atoms with E-state index in [4.69, 9.17) is 19.5 Å². The normalized spacial score (nSPS) is 20.0. The molecule has 5 nitrogen and oxygen atoms in total. The molecule has 0 saturated carbocycles. The Morgan fingerprint density at radius 1 is 0.810 bits per heavy atom. The number of fused-ring (bicyclic) bond motifs is 10. The van der Waals surface area contributed by atoms with Crippen molar-refractivity contribution in [3.8, 4) is 28.4 Å². The minimum atomic E-state index is -0.695. The molecule has 2 aromatic heterocycles. The zero-order chi connectivity index (χ0) is 39.8. The van der Waals surface area contributed by atoms with Crippen molar-refractivity contribution in [3.63, 3.8) is 0 Å². The van der Waals surface area contributed by atoms with Crippen molar-refractivity contribution in [1.29, 1.82) is 0 Å². The van der Waals surface area contributed by atoms with E-state index in [9.17, 15) is 0 Å². The zero-order valence-corrected chi connectivity index (χ0v) is 37.3. The summed E-state index contributed by atoms with van der Waals surface area (Å²) < 4.78 is 16.3. The van der Waals surface area contributed by atoms with Gasteiger partial charge in [-0.1, -0.05) is 145 Å². The van der Waals surface area contributed by atoms with Crippen LogP contribution < -0.4 is 4.74 Å². The van der Waals surface area contributed by atoms with Gasteiger partial charge in [-0.25, -0.2) is 4.98 Å². The molecule has 0 bridgehead atoms. The smallest absolute Gasteiger partial charge is 0.508 e. The first-order valence-electron chi connectivity index (χ1n) is 20.3. The Balaban J connectivity index is 0.00000436. The van der Waals surface area contributed by atoms with Crippen molar-refractivity contribution < 1.29 is 30.5 Å². The summed E-state index contributed by atoms with van der Waals surface area (Å²) in [6.45, 7) is 22.5. The topological polar surface area (TPSA) is 48.6 Å². The quantitative estimate of drug-likeness (QED) is 0.165. The molecule has 0 amide bonds. The van der Waals surface area contributed by atoms with Crippen molar-refractivity contribution >= 4 is 27.7 Å². The van der Waals surface area contributed by atoms with Gasteiger partial charge in [0.1, 0.15) is 17.3 Å². The molecule has 5 aromatic carbocycles. The van der Waals surface area contributed by atoms with E-state index in [-0.39, 0.29) is 37.8 Å². The van der Waals surface area contributed by atoms with Gasteiger partial charge in [-0.3, -0.25) is 4.99 Å². The van der Waals surface area contributed by atoms with Crippen molar-refractivity contribution in [3.05, 3.63) is 154 Å². The van der Waals surface area contributed by atoms with Crippen LogP contribution in [0.15, 0.2) is 102 Å². The number of ether oxygens (including phenoxy) is 2. The van der Waals surface area contributed by atoms with Crippen LogP contribution in [0.2, 0.25) is 0 Å². The molecule has 10 rings (SSSR count). The summed E-state index contributed by atoms with van der Waals surface area (Å²) in [7, 11) is 0. The van der Waals surface area contributed by atoms with Crippen molar-refractivity contribution in [2.24, 2.45) is 4.99 Å². The summed E-state index contributed by atoms with van der Waals surface area (Å²) in [5.74, 6) is 3.04. The van der Waals surface area contributed by atoms with E-state index >= 15 is 0 Å². The molecule has 2 aliphatic heterocycles. The maximum Gasteiger partial charge on any atom is 2.00 e. The van der Waals surface area contributed by atoms with Gasteiger partial charge in [0.25, 0.3) is 0 Å². The maximum absolute atomic E-state index is 7.11. The molecule has 7 aromatic rings. The molecule has 0 unspecified atom stereocenters. The minimum absolute atomic E-state index is 0. The maximum atomic E-state index is 7.11. The molecule has 0 saturated heterocycles. The fourth-order valence-electron chi connectivity index (χ4n) is 9.58. The predicted molar refractivity (Wildman–Crippen MR) is 231 cm³/mol. The third kappa shape index (κ3) is 5.52. The Bertz CT molecular complexity index is 2880. The van der Waals surface area contributed by atoms with Crippen LogP contribution in [0.5, 0.6) is 11.5 Å². The van der Waals surface area contributed by atoms with E-state index in [1.807, 2.05) is 12.3 Å². The first-order chi connectivity index (χ1) is 27.1. The van der Waals surface area contributed by atoms with Gasteiger partial charge in [-0.15, -0.1) is 28.6 Å². The summed E-state index contributed by atoms with van der Waals surface area (Å²) in [5.41, 5.74) is 12.3. The Morgan fingerprint density at radius 2 is 1.53 bits per heavy atom. The number of nitrogens with zero attached hydrogens (tertiary/aromatic N) is 3. The summed E-state index contributed by atoms with van der Waals surface area (Å²) in [6.07, 6.45) is 2.64. The Hall–Kier alpha value is -4.99.